The van der Waals surface area contributed by atoms with Crippen LogP contribution in [0.3, 0.4) is 0 Å². The number of hydrogen-bond acceptors (Lipinski definition) is 3. The Balaban J connectivity index is 1.65. The number of aromatic nitrogens is 2. The molecule has 0 aliphatic rings. The monoisotopic (exact) mass is 394 g/mol. The lowest BCUT2D eigenvalue weighted by Crippen LogP contribution is -2.28. The minimum Gasteiger partial charge on any atom is -0.467 e. The fourth-order valence-corrected chi connectivity index (χ4v) is 3.00. The third-order valence-corrected chi connectivity index (χ3v) is 4.55. The van der Waals surface area contributed by atoms with E-state index in [1.807, 2.05) is 48.0 Å². The highest BCUT2D eigenvalue weighted by atomic mass is 35.5. The van der Waals surface area contributed by atoms with Crippen molar-refractivity contribution in [2.75, 3.05) is 5.32 Å². The van der Waals surface area contributed by atoms with Gasteiger partial charge in [0.15, 0.2) is 10.9 Å². The van der Waals surface area contributed by atoms with E-state index in [1.165, 1.54) is 0 Å². The van der Waals surface area contributed by atoms with Crippen molar-refractivity contribution in [2.45, 2.75) is 20.0 Å². The normalized spacial score (nSPS) is 10.7. The first kappa shape index (κ1) is 17.8. The van der Waals surface area contributed by atoms with Gasteiger partial charge in [-0.05, 0) is 43.4 Å². The number of hydrogen-bond donors (Lipinski definition) is 2. The van der Waals surface area contributed by atoms with Crippen LogP contribution >= 0.6 is 35.4 Å². The van der Waals surface area contributed by atoms with Crippen molar-refractivity contribution in [3.63, 3.8) is 0 Å². The van der Waals surface area contributed by atoms with Crippen molar-refractivity contribution in [2.24, 2.45) is 0 Å². The van der Waals surface area contributed by atoms with Gasteiger partial charge < -0.3 is 15.1 Å². The van der Waals surface area contributed by atoms with E-state index < -0.39 is 0 Å². The molecule has 0 atom stereocenters. The van der Waals surface area contributed by atoms with Crippen LogP contribution in [0.4, 0.5) is 5.82 Å². The molecular weight excluding hydrogens is 379 g/mol. The quantitative estimate of drug-likeness (QED) is 0.617. The average molecular weight is 395 g/mol. The Hall–Kier alpha value is -2.02. The topological polar surface area (TPSA) is 55.0 Å². The Kier molecular flexibility index (Phi) is 5.63. The fraction of sp³-hybridized carbons (Fsp3) is 0.176. The van der Waals surface area contributed by atoms with Gasteiger partial charge in [0, 0.05) is 27.4 Å². The molecule has 3 rings (SSSR count). The van der Waals surface area contributed by atoms with Crippen LogP contribution in [0, 0.1) is 6.92 Å². The van der Waals surface area contributed by atoms with Gasteiger partial charge in [0.1, 0.15) is 5.76 Å². The number of thiocarbonyl (C=S) groups is 1. The van der Waals surface area contributed by atoms with E-state index in [1.54, 1.807) is 6.26 Å². The van der Waals surface area contributed by atoms with Gasteiger partial charge in [0.05, 0.1) is 19.4 Å². The van der Waals surface area contributed by atoms with Gasteiger partial charge >= 0.3 is 0 Å². The summed E-state index contributed by atoms with van der Waals surface area (Å²) in [5.41, 5.74) is 1.80. The summed E-state index contributed by atoms with van der Waals surface area (Å²) in [6, 6.07) is 11.1. The van der Waals surface area contributed by atoms with Gasteiger partial charge in [-0.15, -0.1) is 0 Å². The highest BCUT2D eigenvalue weighted by Crippen LogP contribution is 2.25. The molecule has 0 saturated carbocycles. The van der Waals surface area contributed by atoms with Crippen LogP contribution in [0.1, 0.15) is 17.0 Å². The standard InChI is InChI=1S/C17H16Cl2N4OS/c1-11-8-16(21-17(25)20-9-12-4-3-7-24-12)22-23(11)10-13-14(18)5-2-6-15(13)19/h2-8H,9-10H2,1H3,(H2,20,21,22,25). The second-order valence-electron chi connectivity index (χ2n) is 5.42. The predicted molar refractivity (Wildman–Crippen MR) is 104 cm³/mol. The summed E-state index contributed by atoms with van der Waals surface area (Å²) in [4.78, 5) is 0. The Morgan fingerprint density at radius 2 is 2.00 bits per heavy atom. The fourth-order valence-electron chi connectivity index (χ4n) is 2.31. The summed E-state index contributed by atoms with van der Waals surface area (Å²) in [5, 5.41) is 12.3. The molecule has 0 unspecified atom stereocenters. The van der Waals surface area contributed by atoms with E-state index in [0.717, 1.165) is 17.0 Å². The van der Waals surface area contributed by atoms with Crippen molar-refractivity contribution in [3.05, 3.63) is 69.7 Å². The minimum absolute atomic E-state index is 0.469. The maximum atomic E-state index is 6.23. The minimum atomic E-state index is 0.469. The molecule has 0 aliphatic heterocycles. The van der Waals surface area contributed by atoms with Crippen molar-refractivity contribution in [3.8, 4) is 0 Å². The van der Waals surface area contributed by atoms with Crippen LogP contribution in [0.2, 0.25) is 10.0 Å². The number of rotatable bonds is 5. The number of halogens is 2. The molecule has 0 saturated heterocycles. The van der Waals surface area contributed by atoms with E-state index >= 15 is 0 Å². The molecule has 3 aromatic rings. The zero-order chi connectivity index (χ0) is 17.8. The predicted octanol–water partition coefficient (Wildman–Crippen LogP) is 4.63. The Labute approximate surface area is 160 Å². The first-order valence-corrected chi connectivity index (χ1v) is 8.74. The molecule has 0 bridgehead atoms. The first-order chi connectivity index (χ1) is 12.0. The number of nitrogens with one attached hydrogen (secondary N) is 2. The molecule has 5 nitrogen and oxygen atoms in total. The van der Waals surface area contributed by atoms with E-state index in [-0.39, 0.29) is 0 Å². The van der Waals surface area contributed by atoms with Crippen LogP contribution in [-0.2, 0) is 13.1 Å². The molecular formula is C17H16Cl2N4OS. The highest BCUT2D eigenvalue weighted by molar-refractivity contribution is 7.80. The van der Waals surface area contributed by atoms with Gasteiger partial charge in [-0.3, -0.25) is 4.68 Å². The van der Waals surface area contributed by atoms with Crippen molar-refractivity contribution >= 4 is 46.4 Å². The van der Waals surface area contributed by atoms with Crippen LogP contribution in [0.15, 0.2) is 47.1 Å². The summed E-state index contributed by atoms with van der Waals surface area (Å²) in [6.45, 7) is 2.95. The van der Waals surface area contributed by atoms with E-state index in [2.05, 4.69) is 15.7 Å². The zero-order valence-corrected chi connectivity index (χ0v) is 15.8. The number of furan rings is 1. The molecule has 2 heterocycles. The lowest BCUT2D eigenvalue weighted by molar-refractivity contribution is 0.503. The maximum Gasteiger partial charge on any atom is 0.172 e. The molecule has 0 amide bonds. The average Bonchev–Trinajstić information content (AvgIpc) is 3.19. The molecule has 130 valence electrons. The lowest BCUT2D eigenvalue weighted by atomic mass is 10.2. The third-order valence-electron chi connectivity index (χ3n) is 3.60. The summed E-state index contributed by atoms with van der Waals surface area (Å²) < 4.78 is 7.08. The third kappa shape index (κ3) is 4.54. The Morgan fingerprint density at radius 1 is 1.24 bits per heavy atom. The lowest BCUT2D eigenvalue weighted by Gasteiger charge is -2.09. The van der Waals surface area contributed by atoms with E-state index in [4.69, 9.17) is 39.8 Å². The summed E-state index contributed by atoms with van der Waals surface area (Å²) >= 11 is 17.7. The number of anilines is 1. The zero-order valence-electron chi connectivity index (χ0n) is 13.4. The molecule has 2 aromatic heterocycles. The second kappa shape index (κ2) is 7.91. The molecule has 25 heavy (non-hydrogen) atoms. The number of nitrogens with zero attached hydrogens (tertiary/aromatic N) is 2. The van der Waals surface area contributed by atoms with Crippen LogP contribution in [-0.4, -0.2) is 14.9 Å². The largest absolute Gasteiger partial charge is 0.467 e. The van der Waals surface area contributed by atoms with Gasteiger partial charge in [0.2, 0.25) is 0 Å². The molecule has 2 N–H and O–H groups in total. The van der Waals surface area contributed by atoms with Gasteiger partial charge in [-0.25, -0.2) is 0 Å². The van der Waals surface area contributed by atoms with E-state index in [9.17, 15) is 0 Å². The van der Waals surface area contributed by atoms with Crippen LogP contribution in [0.5, 0.6) is 0 Å². The van der Waals surface area contributed by atoms with Gasteiger partial charge in [0.25, 0.3) is 0 Å². The molecule has 0 spiro atoms. The summed E-state index contributed by atoms with van der Waals surface area (Å²) in [7, 11) is 0. The number of benzene rings is 1. The van der Waals surface area contributed by atoms with Gasteiger partial charge in [-0.1, -0.05) is 29.3 Å². The summed E-state index contributed by atoms with van der Waals surface area (Å²) in [6.07, 6.45) is 1.62. The first-order valence-electron chi connectivity index (χ1n) is 7.57. The van der Waals surface area contributed by atoms with Crippen molar-refractivity contribution in [1.29, 1.82) is 0 Å². The summed E-state index contributed by atoms with van der Waals surface area (Å²) in [5.74, 6) is 1.46. The maximum absolute atomic E-state index is 6.23. The molecule has 1 aromatic carbocycles. The van der Waals surface area contributed by atoms with E-state index in [0.29, 0.717) is 34.1 Å². The van der Waals surface area contributed by atoms with Crippen molar-refractivity contribution in [1.82, 2.24) is 15.1 Å². The smallest absolute Gasteiger partial charge is 0.172 e. The SMILES string of the molecule is Cc1cc(NC(=S)NCc2ccco2)nn1Cc1c(Cl)cccc1Cl. The molecule has 0 radical (unpaired) electrons. The number of aryl methyl sites for hydroxylation is 1. The van der Waals surface area contributed by atoms with Crippen molar-refractivity contribution < 1.29 is 4.42 Å². The Morgan fingerprint density at radius 3 is 2.68 bits per heavy atom. The highest BCUT2D eigenvalue weighted by Gasteiger charge is 2.11. The van der Waals surface area contributed by atoms with Gasteiger partial charge in [-0.2, -0.15) is 5.10 Å². The van der Waals surface area contributed by atoms with Crippen LogP contribution in [0.25, 0.3) is 0 Å². The molecule has 8 heteroatoms. The molecule has 0 aliphatic carbocycles. The molecule has 0 fully saturated rings. The van der Waals surface area contributed by atoms with Crippen LogP contribution < -0.4 is 10.6 Å². The second-order valence-corrected chi connectivity index (χ2v) is 6.64. The Bertz CT molecular complexity index is 857.